The first-order valence-corrected chi connectivity index (χ1v) is 2.62. The van der Waals surface area contributed by atoms with Crippen LogP contribution in [0.4, 0.5) is 0 Å². The van der Waals surface area contributed by atoms with Crippen molar-refractivity contribution in [1.29, 1.82) is 5.26 Å². The van der Waals surface area contributed by atoms with Crippen molar-refractivity contribution in [2.24, 2.45) is 0 Å². The molecule has 0 radical (unpaired) electrons. The van der Waals surface area contributed by atoms with Crippen molar-refractivity contribution in [3.63, 3.8) is 0 Å². The molecule has 48 valence electrons. The zero-order chi connectivity index (χ0) is 7.28. The Morgan fingerprint density at radius 1 is 1.67 bits per heavy atom. The van der Waals surface area contributed by atoms with E-state index < -0.39 is 0 Å². The summed E-state index contributed by atoms with van der Waals surface area (Å²) in [6.45, 7) is 3.48. The summed E-state index contributed by atoms with van der Waals surface area (Å²) in [5, 5.41) is 8.42. The summed E-state index contributed by atoms with van der Waals surface area (Å²) >= 11 is 0. The van der Waals surface area contributed by atoms with Crippen LogP contribution in [0.3, 0.4) is 0 Å². The molecule has 0 aliphatic carbocycles. The van der Waals surface area contributed by atoms with Crippen LogP contribution in [0.2, 0.25) is 0 Å². The van der Waals surface area contributed by atoms with E-state index in [-0.39, 0.29) is 0 Å². The van der Waals surface area contributed by atoms with Gasteiger partial charge in [0.15, 0.2) is 0 Å². The summed E-state index contributed by atoms with van der Waals surface area (Å²) in [5.74, 6) is 0. The fraction of sp³-hybridized carbons (Fsp3) is 0.286. The molecule has 9 heavy (non-hydrogen) atoms. The number of hydrogen-bond donors (Lipinski definition) is 0. The maximum Gasteiger partial charge on any atom is 0.117 e. The van der Waals surface area contributed by atoms with Crippen molar-refractivity contribution in [2.45, 2.75) is 0 Å². The van der Waals surface area contributed by atoms with E-state index >= 15 is 0 Å². The van der Waals surface area contributed by atoms with Crippen LogP contribution in [-0.2, 0) is 0 Å². The highest BCUT2D eigenvalue weighted by atomic mass is 15.1. The Labute approximate surface area is 55.7 Å². The van der Waals surface area contributed by atoms with E-state index in [4.69, 9.17) is 5.26 Å². The van der Waals surface area contributed by atoms with Gasteiger partial charge in [-0.3, -0.25) is 0 Å². The standard InChI is InChI=1S/C7H10N2/c1-4-5-7(6-8)9(2)3/h4-5H,1H2,2-3H3/b7-5+. The van der Waals surface area contributed by atoms with Crippen LogP contribution in [0.15, 0.2) is 24.4 Å². The summed E-state index contributed by atoms with van der Waals surface area (Å²) in [7, 11) is 3.64. The number of nitrogens with zero attached hydrogens (tertiary/aromatic N) is 2. The second-order valence-corrected chi connectivity index (χ2v) is 1.79. The summed E-state index contributed by atoms with van der Waals surface area (Å²) in [4.78, 5) is 1.74. The Kier molecular flexibility index (Phi) is 3.22. The molecule has 0 fully saturated rings. The molecule has 0 saturated carbocycles. The largest absolute Gasteiger partial charge is 0.369 e. The van der Waals surface area contributed by atoms with Gasteiger partial charge in [0, 0.05) is 14.1 Å². The Morgan fingerprint density at radius 2 is 2.22 bits per heavy atom. The zero-order valence-corrected chi connectivity index (χ0v) is 5.76. The van der Waals surface area contributed by atoms with Gasteiger partial charge in [-0.2, -0.15) is 5.26 Å². The molecular formula is C7H10N2. The van der Waals surface area contributed by atoms with E-state index in [1.54, 1.807) is 17.1 Å². The lowest BCUT2D eigenvalue weighted by Crippen LogP contribution is -2.08. The van der Waals surface area contributed by atoms with Gasteiger partial charge in [-0.15, -0.1) is 0 Å². The summed E-state index contributed by atoms with van der Waals surface area (Å²) in [6.07, 6.45) is 3.26. The second kappa shape index (κ2) is 3.73. The van der Waals surface area contributed by atoms with Crippen molar-refractivity contribution in [3.05, 3.63) is 24.4 Å². The number of nitriles is 1. The van der Waals surface area contributed by atoms with Gasteiger partial charge in [0.05, 0.1) is 0 Å². The van der Waals surface area contributed by atoms with Crippen molar-refractivity contribution in [3.8, 4) is 6.07 Å². The second-order valence-electron chi connectivity index (χ2n) is 1.79. The third kappa shape index (κ3) is 2.55. The van der Waals surface area contributed by atoms with Crippen LogP contribution in [0.25, 0.3) is 0 Å². The van der Waals surface area contributed by atoms with Gasteiger partial charge in [0.2, 0.25) is 0 Å². The molecule has 0 atom stereocenters. The predicted octanol–water partition coefficient (Wildman–Crippen LogP) is 1.14. The Hall–Kier alpha value is -1.23. The average molecular weight is 122 g/mol. The minimum absolute atomic E-state index is 0.616. The van der Waals surface area contributed by atoms with Gasteiger partial charge in [0.25, 0.3) is 0 Å². The van der Waals surface area contributed by atoms with Gasteiger partial charge in [-0.05, 0) is 6.08 Å². The third-order valence-electron chi connectivity index (χ3n) is 0.872. The normalized spacial score (nSPS) is 10.1. The molecule has 0 aliphatic rings. The SMILES string of the molecule is C=C/C=C(\C#N)N(C)C. The fourth-order valence-electron chi connectivity index (χ4n) is 0.398. The first-order valence-electron chi connectivity index (χ1n) is 2.62. The molecule has 0 heterocycles. The van der Waals surface area contributed by atoms with E-state index in [1.807, 2.05) is 20.2 Å². The summed E-state index contributed by atoms with van der Waals surface area (Å²) < 4.78 is 0. The Bertz CT molecular complexity index is 160. The highest BCUT2D eigenvalue weighted by molar-refractivity contribution is 5.22. The molecule has 0 aromatic carbocycles. The van der Waals surface area contributed by atoms with Crippen molar-refractivity contribution in [1.82, 2.24) is 4.90 Å². The lowest BCUT2D eigenvalue weighted by molar-refractivity contribution is 0.533. The molecule has 0 spiro atoms. The van der Waals surface area contributed by atoms with Crippen LogP contribution >= 0.6 is 0 Å². The third-order valence-corrected chi connectivity index (χ3v) is 0.872. The first kappa shape index (κ1) is 7.77. The zero-order valence-electron chi connectivity index (χ0n) is 5.76. The number of rotatable bonds is 2. The maximum atomic E-state index is 8.42. The quantitative estimate of drug-likeness (QED) is 0.405. The van der Waals surface area contributed by atoms with Gasteiger partial charge in [-0.25, -0.2) is 0 Å². The van der Waals surface area contributed by atoms with Crippen molar-refractivity contribution < 1.29 is 0 Å². The highest BCUT2D eigenvalue weighted by Crippen LogP contribution is 1.94. The maximum absolute atomic E-state index is 8.42. The molecular weight excluding hydrogens is 112 g/mol. The summed E-state index contributed by atoms with van der Waals surface area (Å²) in [6, 6.07) is 2.02. The Morgan fingerprint density at radius 3 is 2.33 bits per heavy atom. The smallest absolute Gasteiger partial charge is 0.117 e. The van der Waals surface area contributed by atoms with Crippen LogP contribution in [0.1, 0.15) is 0 Å². The van der Waals surface area contributed by atoms with Gasteiger partial charge in [-0.1, -0.05) is 12.7 Å². The molecule has 0 amide bonds. The molecule has 0 bridgehead atoms. The molecule has 0 aromatic rings. The molecule has 0 unspecified atom stereocenters. The molecule has 0 aromatic heterocycles. The van der Waals surface area contributed by atoms with E-state index in [1.165, 1.54) is 0 Å². The molecule has 0 N–H and O–H groups in total. The van der Waals surface area contributed by atoms with E-state index in [0.717, 1.165) is 0 Å². The average Bonchev–Trinajstić information content (AvgIpc) is 1.82. The minimum atomic E-state index is 0.616. The van der Waals surface area contributed by atoms with E-state index in [9.17, 15) is 0 Å². The number of allylic oxidation sites excluding steroid dienone is 3. The van der Waals surface area contributed by atoms with Crippen LogP contribution in [-0.4, -0.2) is 19.0 Å². The molecule has 0 rings (SSSR count). The minimum Gasteiger partial charge on any atom is -0.369 e. The van der Waals surface area contributed by atoms with Gasteiger partial charge in [0.1, 0.15) is 11.8 Å². The first-order chi connectivity index (χ1) is 4.22. The molecule has 0 saturated heterocycles. The lowest BCUT2D eigenvalue weighted by Gasteiger charge is -2.07. The molecule has 2 nitrogen and oxygen atoms in total. The van der Waals surface area contributed by atoms with Crippen molar-refractivity contribution >= 4 is 0 Å². The van der Waals surface area contributed by atoms with Crippen molar-refractivity contribution in [2.75, 3.05) is 14.1 Å². The Balaban J connectivity index is 4.19. The fourth-order valence-corrected chi connectivity index (χ4v) is 0.398. The number of hydrogen-bond acceptors (Lipinski definition) is 2. The lowest BCUT2D eigenvalue weighted by atomic mass is 10.4. The van der Waals surface area contributed by atoms with Crippen LogP contribution in [0, 0.1) is 11.3 Å². The van der Waals surface area contributed by atoms with E-state index in [0.29, 0.717) is 5.70 Å². The van der Waals surface area contributed by atoms with Gasteiger partial charge >= 0.3 is 0 Å². The summed E-state index contributed by atoms with van der Waals surface area (Å²) in [5.41, 5.74) is 0.616. The van der Waals surface area contributed by atoms with Gasteiger partial charge < -0.3 is 4.90 Å². The molecule has 0 aliphatic heterocycles. The predicted molar refractivity (Wildman–Crippen MR) is 37.6 cm³/mol. The van der Waals surface area contributed by atoms with Crippen LogP contribution < -0.4 is 0 Å². The topological polar surface area (TPSA) is 27.0 Å². The van der Waals surface area contributed by atoms with E-state index in [2.05, 4.69) is 6.58 Å². The van der Waals surface area contributed by atoms with Crippen LogP contribution in [0.5, 0.6) is 0 Å². The highest BCUT2D eigenvalue weighted by Gasteiger charge is 1.91. The molecule has 2 heteroatoms. The monoisotopic (exact) mass is 122 g/mol.